The summed E-state index contributed by atoms with van der Waals surface area (Å²) in [6.07, 6.45) is 7.69. The van der Waals surface area contributed by atoms with Crippen molar-refractivity contribution in [3.63, 3.8) is 0 Å². The quantitative estimate of drug-likeness (QED) is 0.102. The van der Waals surface area contributed by atoms with Gasteiger partial charge in [0.05, 0.1) is 0 Å². The number of nitrogens with zero attached hydrogens (tertiary/aromatic N) is 3. The van der Waals surface area contributed by atoms with Gasteiger partial charge in [-0.3, -0.25) is 0 Å². The van der Waals surface area contributed by atoms with Gasteiger partial charge in [0, 0.05) is 22.7 Å². The fraction of sp³-hybridized carbons (Fsp3) is 0.215. The van der Waals surface area contributed by atoms with Crippen LogP contribution in [0.25, 0.3) is 56.0 Å². The van der Waals surface area contributed by atoms with Gasteiger partial charge in [-0.1, -0.05) is 139 Å². The predicted octanol–water partition coefficient (Wildman–Crippen LogP) is 15.8. The normalized spacial score (nSPS) is 12.7. The summed E-state index contributed by atoms with van der Waals surface area (Å²) in [6.45, 7) is 13.6. The molecule has 0 saturated carbocycles. The maximum absolute atomic E-state index is 8.41. The summed E-state index contributed by atoms with van der Waals surface area (Å²) in [5.74, 6) is 0. The summed E-state index contributed by atoms with van der Waals surface area (Å²) in [4.78, 5) is 13.8. The number of pyridine rings is 3. The molecule has 0 unspecified atom stereocenters. The van der Waals surface area contributed by atoms with Crippen molar-refractivity contribution < 1.29 is 24.2 Å². The van der Waals surface area contributed by atoms with Crippen molar-refractivity contribution in [2.24, 2.45) is 0 Å². The van der Waals surface area contributed by atoms with Crippen molar-refractivity contribution in [1.29, 1.82) is 0 Å². The standard InChI is InChI=1S/C65H60N3.Ir/c1-45-36-54(50-16-10-9-11-17-50)26-33-58(45)59-40-62(68-44-46(59)2)53-24-31-57(32-25-53)65(7,8)43-49-38-47(41-63(3,4)55-27-20-51(21-28-55)60-18-12-14-34-66-60)37-48(39-49)42-64(5,6)56-29-22-52(23-30-56)61-19-13-15-35-67-61;/h9-20,22,24,26-40,44H,41-43H2,1-8H3;/q-3;+3/i2D3;. The molecule has 0 atom stereocenters. The first-order chi connectivity index (χ1) is 33.9. The van der Waals surface area contributed by atoms with Gasteiger partial charge in [-0.15, -0.1) is 106 Å². The first kappa shape index (κ1) is 44.9. The van der Waals surface area contributed by atoms with E-state index in [0.717, 1.165) is 75.2 Å². The topological polar surface area (TPSA) is 38.7 Å². The number of hydrogen-bond acceptors (Lipinski definition) is 3. The SMILES string of the molecule is [2H]C([2H])([2H])c1cnc(-c2[c-]cc(C(C)(C)Cc3cc(CC(C)(C)c4c[c-]c(-c5ccccn5)cc4)cc(CC(C)(C)c4c[c-]c(-c5ccccn5)cc4)c3)cc2)cc1-c1ccc(-c2ccccc2)cc1C.[Ir+3]. The molecule has 0 aliphatic heterocycles. The van der Waals surface area contributed by atoms with Crippen LogP contribution in [0.1, 0.15) is 90.2 Å². The summed E-state index contributed by atoms with van der Waals surface area (Å²) in [5, 5.41) is 0. The van der Waals surface area contributed by atoms with Gasteiger partial charge in [0.2, 0.25) is 0 Å². The minimum Gasteiger partial charge on any atom is -0.305 e. The van der Waals surface area contributed by atoms with Gasteiger partial charge in [-0.2, -0.15) is 0 Å². The molecule has 9 rings (SSSR count). The van der Waals surface area contributed by atoms with Crippen molar-refractivity contribution >= 4 is 0 Å². The molecule has 3 nitrogen and oxygen atoms in total. The molecule has 0 spiro atoms. The second kappa shape index (κ2) is 20.6. The van der Waals surface area contributed by atoms with E-state index in [2.05, 4.69) is 167 Å². The molecular weight excluding hydrogens is 1010 g/mol. The summed E-state index contributed by atoms with van der Waals surface area (Å²) >= 11 is 0. The zero-order valence-electron chi connectivity index (χ0n) is 43.6. The predicted molar refractivity (Wildman–Crippen MR) is 283 cm³/mol. The third kappa shape index (κ3) is 11.3. The summed E-state index contributed by atoms with van der Waals surface area (Å²) in [7, 11) is 0. The third-order valence-electron chi connectivity index (χ3n) is 13.5. The molecule has 6 aromatic carbocycles. The van der Waals surface area contributed by atoms with Crippen molar-refractivity contribution in [3.05, 3.63) is 245 Å². The molecule has 0 saturated heterocycles. The maximum Gasteiger partial charge on any atom is 3.00 e. The van der Waals surface area contributed by atoms with E-state index in [4.69, 9.17) is 9.10 Å². The van der Waals surface area contributed by atoms with Crippen LogP contribution in [-0.2, 0) is 55.6 Å². The first-order valence-corrected chi connectivity index (χ1v) is 23.6. The molecule has 9 aromatic rings. The van der Waals surface area contributed by atoms with Gasteiger partial charge in [0.15, 0.2) is 0 Å². The van der Waals surface area contributed by atoms with Crippen LogP contribution >= 0.6 is 0 Å². The molecule has 69 heavy (non-hydrogen) atoms. The molecule has 344 valence electrons. The van der Waals surface area contributed by atoms with Crippen LogP contribution in [0.15, 0.2) is 182 Å². The molecule has 0 fully saturated rings. The average molecular weight is 1080 g/mol. The molecule has 0 N–H and O–H groups in total. The number of rotatable bonds is 14. The molecule has 3 heterocycles. The smallest absolute Gasteiger partial charge is 0.305 e. The Morgan fingerprint density at radius 2 is 0.899 bits per heavy atom. The van der Waals surface area contributed by atoms with Crippen molar-refractivity contribution in [2.75, 3.05) is 0 Å². The van der Waals surface area contributed by atoms with Crippen LogP contribution < -0.4 is 0 Å². The van der Waals surface area contributed by atoms with E-state index in [1.807, 2.05) is 86.0 Å². The van der Waals surface area contributed by atoms with Crippen molar-refractivity contribution in [1.82, 2.24) is 15.0 Å². The van der Waals surface area contributed by atoms with E-state index in [1.165, 1.54) is 34.0 Å². The minimum atomic E-state index is -2.33. The molecule has 0 amide bonds. The van der Waals surface area contributed by atoms with Gasteiger partial charge in [-0.25, -0.2) is 0 Å². The largest absolute Gasteiger partial charge is 3.00 e. The van der Waals surface area contributed by atoms with Crippen LogP contribution in [0, 0.1) is 32.0 Å². The molecular formula is C65H60IrN3. The van der Waals surface area contributed by atoms with Crippen LogP contribution in [0.3, 0.4) is 0 Å². The zero-order chi connectivity index (χ0) is 50.0. The van der Waals surface area contributed by atoms with E-state index in [1.54, 1.807) is 0 Å². The molecule has 0 bridgehead atoms. The van der Waals surface area contributed by atoms with E-state index < -0.39 is 6.85 Å². The summed E-state index contributed by atoms with van der Waals surface area (Å²) < 4.78 is 25.2. The second-order valence-electron chi connectivity index (χ2n) is 20.3. The van der Waals surface area contributed by atoms with Gasteiger partial charge in [0.25, 0.3) is 0 Å². The van der Waals surface area contributed by atoms with E-state index >= 15 is 0 Å². The second-order valence-corrected chi connectivity index (χ2v) is 20.3. The third-order valence-corrected chi connectivity index (χ3v) is 13.5. The molecule has 0 aliphatic rings. The van der Waals surface area contributed by atoms with Gasteiger partial charge in [-0.05, 0) is 129 Å². The van der Waals surface area contributed by atoms with Crippen molar-refractivity contribution in [3.8, 4) is 56.0 Å². The Bertz CT molecular complexity index is 3140. The Hall–Kier alpha value is -6.58. The Morgan fingerprint density at radius 1 is 0.435 bits per heavy atom. The maximum atomic E-state index is 8.41. The first-order valence-electron chi connectivity index (χ1n) is 25.1. The minimum absolute atomic E-state index is 0. The number of hydrogen-bond donors (Lipinski definition) is 0. The van der Waals surface area contributed by atoms with Gasteiger partial charge < -0.3 is 15.0 Å². The fourth-order valence-electron chi connectivity index (χ4n) is 9.64. The number of aryl methyl sites for hydroxylation is 2. The van der Waals surface area contributed by atoms with Crippen molar-refractivity contribution in [2.45, 2.75) is 90.8 Å². The molecule has 4 heteroatoms. The monoisotopic (exact) mass is 1080 g/mol. The summed E-state index contributed by atoms with van der Waals surface area (Å²) in [5.41, 5.74) is 17.2. The molecule has 0 aliphatic carbocycles. The fourth-order valence-corrected chi connectivity index (χ4v) is 9.64. The number of benzene rings is 6. The van der Waals surface area contributed by atoms with E-state index in [0.29, 0.717) is 11.3 Å². The zero-order valence-corrected chi connectivity index (χ0v) is 43.0. The molecule has 0 radical (unpaired) electrons. The van der Waals surface area contributed by atoms with Gasteiger partial charge in [0.1, 0.15) is 0 Å². The van der Waals surface area contributed by atoms with Crippen LogP contribution in [0.5, 0.6) is 0 Å². The van der Waals surface area contributed by atoms with Crippen LogP contribution in [0.4, 0.5) is 0 Å². The Balaban J connectivity index is 0.00000693. The van der Waals surface area contributed by atoms with E-state index in [9.17, 15) is 0 Å². The Kier molecular flexibility index (Phi) is 13.4. The van der Waals surface area contributed by atoms with Crippen LogP contribution in [-0.4, -0.2) is 15.0 Å². The number of aromatic nitrogens is 3. The molecule has 3 aromatic heterocycles. The Labute approximate surface area is 428 Å². The average Bonchev–Trinajstić information content (AvgIpc) is 3.36. The van der Waals surface area contributed by atoms with Gasteiger partial charge >= 0.3 is 20.1 Å². The van der Waals surface area contributed by atoms with Crippen LogP contribution in [0.2, 0.25) is 0 Å². The van der Waals surface area contributed by atoms with E-state index in [-0.39, 0.29) is 41.9 Å². The summed E-state index contributed by atoms with van der Waals surface area (Å²) in [6, 6.07) is 67.5. The Morgan fingerprint density at radius 3 is 1.30 bits per heavy atom.